The van der Waals surface area contributed by atoms with E-state index < -0.39 is 6.10 Å². The van der Waals surface area contributed by atoms with E-state index in [0.717, 1.165) is 116 Å². The van der Waals surface area contributed by atoms with Crippen LogP contribution in [0.1, 0.15) is 265 Å². The van der Waals surface area contributed by atoms with Crippen molar-refractivity contribution < 1.29 is 28.6 Å². The molecule has 6 heteroatoms. The number of ether oxygens (including phenoxy) is 3. The summed E-state index contributed by atoms with van der Waals surface area (Å²) in [7, 11) is 0. The molecule has 0 radical (unpaired) electrons. The highest BCUT2D eigenvalue weighted by Gasteiger charge is 2.19. The zero-order valence-corrected chi connectivity index (χ0v) is 42.7. The van der Waals surface area contributed by atoms with Crippen molar-refractivity contribution in [1.82, 2.24) is 0 Å². The van der Waals surface area contributed by atoms with E-state index in [1.807, 2.05) is 0 Å². The van der Waals surface area contributed by atoms with Gasteiger partial charge in [0.1, 0.15) is 13.2 Å². The molecule has 0 aliphatic heterocycles. The van der Waals surface area contributed by atoms with Gasteiger partial charge in [-0.15, -0.1) is 0 Å². The van der Waals surface area contributed by atoms with E-state index in [-0.39, 0.29) is 31.1 Å². The first-order valence-electron chi connectivity index (χ1n) is 27.4. The van der Waals surface area contributed by atoms with E-state index in [9.17, 15) is 14.4 Å². The lowest BCUT2D eigenvalue weighted by molar-refractivity contribution is -0.167. The van der Waals surface area contributed by atoms with Gasteiger partial charge in [-0.1, -0.05) is 229 Å². The maximum absolute atomic E-state index is 12.7. The largest absolute Gasteiger partial charge is 0.462 e. The number of hydrogen-bond donors (Lipinski definition) is 0. The highest BCUT2D eigenvalue weighted by atomic mass is 16.6. The predicted octanol–water partition coefficient (Wildman–Crippen LogP) is 18.2. The first-order chi connectivity index (χ1) is 32.0. The summed E-state index contributed by atoms with van der Waals surface area (Å²) in [6, 6.07) is 0. The first-order valence-corrected chi connectivity index (χ1v) is 27.4. The van der Waals surface area contributed by atoms with Gasteiger partial charge in [0, 0.05) is 19.3 Å². The number of esters is 3. The van der Waals surface area contributed by atoms with Crippen molar-refractivity contribution in [1.29, 1.82) is 0 Å². The Morgan fingerprint density at radius 2 is 0.600 bits per heavy atom. The van der Waals surface area contributed by atoms with Gasteiger partial charge >= 0.3 is 17.9 Å². The third-order valence-corrected chi connectivity index (χ3v) is 11.7. The zero-order valence-electron chi connectivity index (χ0n) is 42.7. The Hall–Kier alpha value is -3.15. The first kappa shape index (κ1) is 61.9. The van der Waals surface area contributed by atoms with Crippen LogP contribution >= 0.6 is 0 Å². The second kappa shape index (κ2) is 53.5. The molecular formula is C59H102O6. The maximum Gasteiger partial charge on any atom is 0.306 e. The molecule has 0 heterocycles. The molecule has 0 saturated heterocycles. The summed E-state index contributed by atoms with van der Waals surface area (Å²) in [5.41, 5.74) is 0. The van der Waals surface area contributed by atoms with E-state index in [0.29, 0.717) is 19.3 Å². The monoisotopic (exact) mass is 907 g/mol. The summed E-state index contributed by atoms with van der Waals surface area (Å²) in [5, 5.41) is 0. The van der Waals surface area contributed by atoms with Crippen LogP contribution in [0.4, 0.5) is 0 Å². The van der Waals surface area contributed by atoms with Crippen LogP contribution in [0.3, 0.4) is 0 Å². The minimum atomic E-state index is -0.780. The molecule has 6 nitrogen and oxygen atoms in total. The van der Waals surface area contributed by atoms with Crippen molar-refractivity contribution in [2.24, 2.45) is 0 Å². The molecule has 0 amide bonds. The highest BCUT2D eigenvalue weighted by molar-refractivity contribution is 5.71. The van der Waals surface area contributed by atoms with Crippen molar-refractivity contribution in [3.8, 4) is 0 Å². The van der Waals surface area contributed by atoms with Crippen molar-refractivity contribution in [3.05, 3.63) is 72.9 Å². The van der Waals surface area contributed by atoms with E-state index in [1.165, 1.54) is 109 Å². The normalized spacial score (nSPS) is 12.6. The third kappa shape index (κ3) is 51.7. The lowest BCUT2D eigenvalue weighted by Crippen LogP contribution is -2.30. The number of carbonyl (C=O) groups excluding carboxylic acids is 3. The summed E-state index contributed by atoms with van der Waals surface area (Å²) in [4.78, 5) is 37.7. The fourth-order valence-electron chi connectivity index (χ4n) is 7.58. The molecule has 0 aromatic carbocycles. The molecule has 1 atom stereocenters. The minimum absolute atomic E-state index is 0.0831. The standard InChI is InChI=1S/C59H102O6/c1-4-7-10-13-15-17-19-21-23-24-25-26-27-28-29-30-31-32-33-34-36-37-39-41-43-46-49-52-58(61)64-55-56(54-63-57(60)51-48-45-12-9-6-3)65-59(62)53-50-47-44-42-40-38-35-22-20-18-16-14-11-8-5-2/h8,11,16,18-19,21-22,24-25,27-28,35,56H,4-7,9-10,12-15,17,20,23,26,29-34,36-55H2,1-3H3/b11-8-,18-16-,21-19-,25-24-,28-27-,35-22-. The second-order valence-corrected chi connectivity index (χ2v) is 18.1. The van der Waals surface area contributed by atoms with Crippen LogP contribution in [0, 0.1) is 0 Å². The lowest BCUT2D eigenvalue weighted by atomic mass is 10.0. The molecular weight excluding hydrogens is 805 g/mol. The van der Waals surface area contributed by atoms with Gasteiger partial charge in [-0.2, -0.15) is 0 Å². The Labute approximate surface area is 402 Å². The Bertz CT molecular complexity index is 1230. The molecule has 0 aliphatic carbocycles. The van der Waals surface area contributed by atoms with Crippen LogP contribution in [0.2, 0.25) is 0 Å². The van der Waals surface area contributed by atoms with Crippen molar-refractivity contribution >= 4 is 17.9 Å². The topological polar surface area (TPSA) is 78.9 Å². The molecule has 65 heavy (non-hydrogen) atoms. The summed E-state index contributed by atoms with van der Waals surface area (Å²) in [6.07, 6.45) is 68.0. The van der Waals surface area contributed by atoms with Crippen molar-refractivity contribution in [3.63, 3.8) is 0 Å². The SMILES string of the molecule is CC/C=C\C/C=C\C/C=C\CCCCCCCC(=O)OC(COC(=O)CCCCCCC)COC(=O)CCCCCCCCCCCCCC/C=C\C/C=C\C/C=C\CCCCCCC. The predicted molar refractivity (Wildman–Crippen MR) is 279 cm³/mol. The second-order valence-electron chi connectivity index (χ2n) is 18.1. The van der Waals surface area contributed by atoms with E-state index in [1.54, 1.807) is 0 Å². The molecule has 0 bridgehead atoms. The summed E-state index contributed by atoms with van der Waals surface area (Å²) < 4.78 is 16.7. The van der Waals surface area contributed by atoms with Gasteiger partial charge in [0.2, 0.25) is 0 Å². The van der Waals surface area contributed by atoms with Crippen LogP contribution in [0.25, 0.3) is 0 Å². The summed E-state index contributed by atoms with van der Waals surface area (Å²) in [5.74, 6) is -0.913. The molecule has 0 rings (SSSR count). The zero-order chi connectivity index (χ0) is 47.2. The van der Waals surface area contributed by atoms with E-state index in [4.69, 9.17) is 14.2 Å². The maximum atomic E-state index is 12.7. The van der Waals surface area contributed by atoms with Gasteiger partial charge in [0.05, 0.1) is 0 Å². The number of rotatable bonds is 49. The quantitative estimate of drug-likeness (QED) is 0.0262. The molecule has 374 valence electrons. The fraction of sp³-hybridized carbons (Fsp3) is 0.746. The summed E-state index contributed by atoms with van der Waals surface area (Å²) >= 11 is 0. The Balaban J connectivity index is 4.07. The number of hydrogen-bond acceptors (Lipinski definition) is 6. The van der Waals surface area contributed by atoms with Crippen LogP contribution in [0.5, 0.6) is 0 Å². The molecule has 0 aliphatic rings. The van der Waals surface area contributed by atoms with Gasteiger partial charge in [-0.3, -0.25) is 14.4 Å². The van der Waals surface area contributed by atoms with Crippen LogP contribution in [0.15, 0.2) is 72.9 Å². The van der Waals surface area contributed by atoms with Gasteiger partial charge in [0.25, 0.3) is 0 Å². The van der Waals surface area contributed by atoms with Gasteiger partial charge in [0.15, 0.2) is 6.10 Å². The van der Waals surface area contributed by atoms with Gasteiger partial charge in [-0.25, -0.2) is 0 Å². The Morgan fingerprint density at radius 3 is 0.938 bits per heavy atom. The van der Waals surface area contributed by atoms with Crippen molar-refractivity contribution in [2.45, 2.75) is 271 Å². The molecule has 0 fully saturated rings. The van der Waals surface area contributed by atoms with Crippen LogP contribution in [-0.4, -0.2) is 37.2 Å². The van der Waals surface area contributed by atoms with E-state index in [2.05, 4.69) is 93.7 Å². The molecule has 0 saturated carbocycles. The molecule has 0 N–H and O–H groups in total. The van der Waals surface area contributed by atoms with Crippen LogP contribution in [-0.2, 0) is 28.6 Å². The summed E-state index contributed by atoms with van der Waals surface area (Å²) in [6.45, 7) is 6.42. The molecule has 0 aromatic rings. The average Bonchev–Trinajstić information content (AvgIpc) is 3.30. The molecule has 1 unspecified atom stereocenters. The lowest BCUT2D eigenvalue weighted by Gasteiger charge is -2.18. The Morgan fingerprint density at radius 1 is 0.323 bits per heavy atom. The number of carbonyl (C=O) groups is 3. The third-order valence-electron chi connectivity index (χ3n) is 11.7. The molecule has 0 aromatic heterocycles. The van der Waals surface area contributed by atoms with Gasteiger partial charge in [-0.05, 0) is 89.9 Å². The number of unbranched alkanes of at least 4 members (excludes halogenated alkanes) is 26. The Kier molecular flexibility index (Phi) is 50.9. The molecule has 0 spiro atoms. The highest BCUT2D eigenvalue weighted by Crippen LogP contribution is 2.15. The van der Waals surface area contributed by atoms with Crippen molar-refractivity contribution in [2.75, 3.05) is 13.2 Å². The fourth-order valence-corrected chi connectivity index (χ4v) is 7.58. The minimum Gasteiger partial charge on any atom is -0.462 e. The number of allylic oxidation sites excluding steroid dienone is 12. The smallest absolute Gasteiger partial charge is 0.306 e. The van der Waals surface area contributed by atoms with Gasteiger partial charge < -0.3 is 14.2 Å². The van der Waals surface area contributed by atoms with E-state index >= 15 is 0 Å². The van der Waals surface area contributed by atoms with Crippen LogP contribution < -0.4 is 0 Å². The average molecular weight is 907 g/mol.